The van der Waals surface area contributed by atoms with Crippen molar-refractivity contribution in [3.05, 3.63) is 48.2 Å². The van der Waals surface area contributed by atoms with E-state index in [1.54, 1.807) is 65.0 Å². The molecule has 0 fully saturated rings. The minimum atomic E-state index is -0.978. The zero-order chi connectivity index (χ0) is 22.0. The van der Waals surface area contributed by atoms with Gasteiger partial charge in [-0.25, -0.2) is 9.69 Å². The maximum Gasteiger partial charge on any atom is 0.421 e. The third-order valence-corrected chi connectivity index (χ3v) is 3.75. The third kappa shape index (κ3) is 8.48. The number of methoxy groups -OCH3 is 1. The Morgan fingerprint density at radius 1 is 1.14 bits per heavy atom. The van der Waals surface area contributed by atoms with Crippen molar-refractivity contribution >= 4 is 18.0 Å². The first kappa shape index (κ1) is 24.4. The van der Waals surface area contributed by atoms with E-state index in [1.807, 2.05) is 6.07 Å². The minimum Gasteiger partial charge on any atom is -0.466 e. The highest BCUT2D eigenvalue weighted by molar-refractivity contribution is 5.96. The summed E-state index contributed by atoms with van der Waals surface area (Å²) < 4.78 is 15.7. The number of imide groups is 1. The number of benzene rings is 1. The van der Waals surface area contributed by atoms with E-state index in [-0.39, 0.29) is 18.3 Å². The predicted molar refractivity (Wildman–Crippen MR) is 109 cm³/mol. The number of ether oxygens (including phenoxy) is 3. The van der Waals surface area contributed by atoms with Crippen molar-refractivity contribution in [2.45, 2.75) is 52.7 Å². The van der Waals surface area contributed by atoms with Crippen LogP contribution >= 0.6 is 0 Å². The molecule has 0 bridgehead atoms. The fourth-order valence-corrected chi connectivity index (χ4v) is 2.45. The summed E-state index contributed by atoms with van der Waals surface area (Å²) >= 11 is 0. The molecule has 0 spiro atoms. The summed E-state index contributed by atoms with van der Waals surface area (Å²) in [6, 6.07) is 8.87. The lowest BCUT2D eigenvalue weighted by molar-refractivity contribution is -0.143. The van der Waals surface area contributed by atoms with Gasteiger partial charge in [-0.15, -0.1) is 0 Å². The van der Waals surface area contributed by atoms with Gasteiger partial charge < -0.3 is 14.2 Å². The van der Waals surface area contributed by atoms with Gasteiger partial charge >= 0.3 is 12.1 Å². The van der Waals surface area contributed by atoms with Crippen LogP contribution in [0.5, 0.6) is 0 Å². The molecule has 29 heavy (non-hydrogen) atoms. The van der Waals surface area contributed by atoms with Gasteiger partial charge in [0.05, 0.1) is 13.0 Å². The zero-order valence-corrected chi connectivity index (χ0v) is 18.0. The largest absolute Gasteiger partial charge is 0.466 e. The number of esters is 1. The molecule has 0 aliphatic carbocycles. The number of amides is 2. The van der Waals surface area contributed by atoms with Gasteiger partial charge in [0.25, 0.3) is 5.91 Å². The SMILES string of the molecule is CCOC(=O)CC(C)/C=C/N(C(=O)OC(C)(C)C)C(=O)C(OC)c1ccccc1. The topological polar surface area (TPSA) is 82.1 Å². The molecule has 2 unspecified atom stereocenters. The number of rotatable bonds is 8. The summed E-state index contributed by atoms with van der Waals surface area (Å²) in [5, 5.41) is 0. The van der Waals surface area contributed by atoms with Crippen LogP contribution in [0.15, 0.2) is 42.6 Å². The second-order valence-electron chi connectivity index (χ2n) is 7.54. The van der Waals surface area contributed by atoms with E-state index in [0.29, 0.717) is 12.2 Å². The minimum absolute atomic E-state index is 0.132. The summed E-state index contributed by atoms with van der Waals surface area (Å²) in [6.07, 6.45) is 1.26. The Labute approximate surface area is 172 Å². The smallest absolute Gasteiger partial charge is 0.421 e. The summed E-state index contributed by atoms with van der Waals surface area (Å²) in [4.78, 5) is 38.3. The van der Waals surface area contributed by atoms with Crippen molar-refractivity contribution in [1.29, 1.82) is 0 Å². The molecule has 0 N–H and O–H groups in total. The van der Waals surface area contributed by atoms with Crippen molar-refractivity contribution in [1.82, 2.24) is 4.90 Å². The molecule has 0 heterocycles. The van der Waals surface area contributed by atoms with E-state index in [9.17, 15) is 14.4 Å². The van der Waals surface area contributed by atoms with E-state index in [1.165, 1.54) is 13.3 Å². The Morgan fingerprint density at radius 3 is 2.28 bits per heavy atom. The van der Waals surface area contributed by atoms with Crippen LogP contribution in [0, 0.1) is 5.92 Å². The van der Waals surface area contributed by atoms with E-state index < -0.39 is 23.7 Å². The van der Waals surface area contributed by atoms with Gasteiger partial charge in [0.2, 0.25) is 0 Å². The molecule has 2 amide bonds. The monoisotopic (exact) mass is 405 g/mol. The molecular formula is C22H31NO6. The summed E-state index contributed by atoms with van der Waals surface area (Å²) in [5.74, 6) is -1.18. The molecule has 0 aliphatic heterocycles. The highest BCUT2D eigenvalue weighted by Crippen LogP contribution is 2.22. The number of hydrogen-bond acceptors (Lipinski definition) is 6. The fraction of sp³-hybridized carbons (Fsp3) is 0.500. The first-order valence-corrected chi connectivity index (χ1v) is 9.56. The normalized spacial score (nSPS) is 13.6. The molecule has 1 rings (SSSR count). The van der Waals surface area contributed by atoms with Crippen LogP contribution < -0.4 is 0 Å². The van der Waals surface area contributed by atoms with E-state index in [0.717, 1.165) is 4.90 Å². The van der Waals surface area contributed by atoms with Crippen LogP contribution in [-0.2, 0) is 23.8 Å². The average Bonchev–Trinajstić information content (AvgIpc) is 2.62. The van der Waals surface area contributed by atoms with Gasteiger partial charge in [-0.1, -0.05) is 43.3 Å². The Bertz CT molecular complexity index is 708. The zero-order valence-electron chi connectivity index (χ0n) is 18.0. The lowest BCUT2D eigenvalue weighted by atomic mass is 10.1. The third-order valence-electron chi connectivity index (χ3n) is 3.75. The van der Waals surface area contributed by atoms with Crippen LogP contribution in [0.1, 0.15) is 52.7 Å². The molecule has 1 aromatic rings. The molecule has 0 radical (unpaired) electrons. The Hall–Kier alpha value is -2.67. The second kappa shape index (κ2) is 11.4. The molecule has 0 saturated carbocycles. The lowest BCUT2D eigenvalue weighted by Gasteiger charge is -2.26. The number of allylic oxidation sites excluding steroid dienone is 1. The molecule has 7 heteroatoms. The first-order chi connectivity index (χ1) is 13.6. The van der Waals surface area contributed by atoms with Gasteiger partial charge in [0.1, 0.15) is 5.60 Å². The van der Waals surface area contributed by atoms with Crippen LogP contribution in [0.2, 0.25) is 0 Å². The number of hydrogen-bond donors (Lipinski definition) is 0. The Kier molecular flexibility index (Phi) is 9.55. The van der Waals surface area contributed by atoms with Gasteiger partial charge in [-0.2, -0.15) is 0 Å². The van der Waals surface area contributed by atoms with Crippen molar-refractivity contribution in [3.63, 3.8) is 0 Å². The molecular weight excluding hydrogens is 374 g/mol. The quantitative estimate of drug-likeness (QED) is 0.602. The van der Waals surface area contributed by atoms with Crippen LogP contribution in [0.25, 0.3) is 0 Å². The maximum absolute atomic E-state index is 13.1. The van der Waals surface area contributed by atoms with Gasteiger partial charge in [0.15, 0.2) is 6.10 Å². The van der Waals surface area contributed by atoms with Crippen LogP contribution in [0.4, 0.5) is 4.79 Å². The lowest BCUT2D eigenvalue weighted by Crippen LogP contribution is -2.40. The fourth-order valence-electron chi connectivity index (χ4n) is 2.45. The molecule has 7 nitrogen and oxygen atoms in total. The summed E-state index contributed by atoms with van der Waals surface area (Å²) in [7, 11) is 1.40. The predicted octanol–water partition coefficient (Wildman–Crippen LogP) is 4.24. The molecule has 2 atom stereocenters. The number of nitrogens with zero attached hydrogens (tertiary/aromatic N) is 1. The average molecular weight is 405 g/mol. The standard InChI is InChI=1S/C22H31NO6/c1-7-28-18(24)15-16(2)13-14-23(21(26)29-22(3,4)5)20(25)19(27-6)17-11-9-8-10-12-17/h8-14,16,19H,7,15H2,1-6H3/b14-13+. The highest BCUT2D eigenvalue weighted by Gasteiger charge is 2.32. The molecule has 0 aliphatic rings. The van der Waals surface area contributed by atoms with Crippen molar-refractivity contribution in [3.8, 4) is 0 Å². The van der Waals surface area contributed by atoms with Gasteiger partial charge in [-0.05, 0) is 39.2 Å². The van der Waals surface area contributed by atoms with Crippen molar-refractivity contribution in [2.75, 3.05) is 13.7 Å². The number of carbonyl (C=O) groups is 3. The van der Waals surface area contributed by atoms with Crippen LogP contribution in [0.3, 0.4) is 0 Å². The van der Waals surface area contributed by atoms with E-state index in [4.69, 9.17) is 14.2 Å². The van der Waals surface area contributed by atoms with Gasteiger partial charge in [0, 0.05) is 13.3 Å². The van der Waals surface area contributed by atoms with Crippen LogP contribution in [-0.4, -0.2) is 42.2 Å². The molecule has 0 saturated heterocycles. The second-order valence-corrected chi connectivity index (χ2v) is 7.54. The molecule has 1 aromatic carbocycles. The number of carbonyl (C=O) groups excluding carboxylic acids is 3. The first-order valence-electron chi connectivity index (χ1n) is 9.56. The maximum atomic E-state index is 13.1. The van der Waals surface area contributed by atoms with Crippen molar-refractivity contribution in [2.24, 2.45) is 5.92 Å². The van der Waals surface area contributed by atoms with E-state index >= 15 is 0 Å². The van der Waals surface area contributed by atoms with Gasteiger partial charge in [-0.3, -0.25) is 9.59 Å². The van der Waals surface area contributed by atoms with Crippen molar-refractivity contribution < 1.29 is 28.6 Å². The Balaban J connectivity index is 3.09. The van der Waals surface area contributed by atoms with E-state index in [2.05, 4.69) is 0 Å². The highest BCUT2D eigenvalue weighted by atomic mass is 16.6. The molecule has 160 valence electrons. The molecule has 0 aromatic heterocycles. The summed E-state index contributed by atoms with van der Waals surface area (Å²) in [6.45, 7) is 8.96. The summed E-state index contributed by atoms with van der Waals surface area (Å²) in [5.41, 5.74) is -0.170. The Morgan fingerprint density at radius 2 is 1.76 bits per heavy atom.